The fourth-order valence-corrected chi connectivity index (χ4v) is 2.13. The van der Waals surface area contributed by atoms with Gasteiger partial charge < -0.3 is 11.1 Å². The molecule has 0 saturated carbocycles. The second kappa shape index (κ2) is 7.62. The van der Waals surface area contributed by atoms with Gasteiger partial charge in [0.2, 0.25) is 0 Å². The van der Waals surface area contributed by atoms with Crippen molar-refractivity contribution in [1.29, 1.82) is 0 Å². The molecule has 1 aromatic carbocycles. The van der Waals surface area contributed by atoms with E-state index in [1.165, 1.54) is 0 Å². The number of hydrogen-bond donors (Lipinski definition) is 2. The van der Waals surface area contributed by atoms with Crippen LogP contribution in [0.4, 0.5) is 0 Å². The number of rotatable bonds is 6. The summed E-state index contributed by atoms with van der Waals surface area (Å²) in [6.07, 6.45) is 1.70. The van der Waals surface area contributed by atoms with E-state index in [1.807, 2.05) is 30.3 Å². The van der Waals surface area contributed by atoms with Crippen molar-refractivity contribution in [2.75, 3.05) is 18.8 Å². The third-order valence-electron chi connectivity index (χ3n) is 1.99. The lowest BCUT2D eigenvalue weighted by Gasteiger charge is -2.02. The van der Waals surface area contributed by atoms with Crippen LogP contribution >= 0.6 is 0 Å². The fraction of sp³-hybridized carbons (Fsp3) is 0.250. The summed E-state index contributed by atoms with van der Waals surface area (Å²) in [6, 6.07) is 9.33. The Morgan fingerprint density at radius 1 is 1.47 bits per heavy atom. The van der Waals surface area contributed by atoms with Gasteiger partial charge in [0, 0.05) is 17.2 Å². The molecular formula is C12H17N3OS. The summed E-state index contributed by atoms with van der Waals surface area (Å²) in [4.78, 5) is 4.89. The van der Waals surface area contributed by atoms with Gasteiger partial charge in [-0.2, -0.15) is 0 Å². The molecule has 0 aliphatic rings. The Hall–Kier alpha value is -1.62. The number of benzene rings is 1. The maximum atomic E-state index is 11.8. The first-order chi connectivity index (χ1) is 8.24. The second-order valence-electron chi connectivity index (χ2n) is 3.30. The van der Waals surface area contributed by atoms with E-state index in [2.05, 4.69) is 16.9 Å². The molecule has 0 aliphatic carbocycles. The molecule has 1 aromatic rings. The molecule has 0 aromatic heterocycles. The number of guanidine groups is 1. The Morgan fingerprint density at radius 2 is 2.18 bits per heavy atom. The maximum absolute atomic E-state index is 11.8. The van der Waals surface area contributed by atoms with Crippen LogP contribution in [-0.4, -0.2) is 29.0 Å². The molecule has 1 rings (SSSR count). The van der Waals surface area contributed by atoms with E-state index in [4.69, 9.17) is 5.73 Å². The second-order valence-corrected chi connectivity index (χ2v) is 4.87. The minimum Gasteiger partial charge on any atom is -0.370 e. The van der Waals surface area contributed by atoms with E-state index in [9.17, 15) is 4.21 Å². The molecule has 0 bridgehead atoms. The van der Waals surface area contributed by atoms with Gasteiger partial charge in [0.1, 0.15) is 0 Å². The number of aliphatic imine (C=N–C) groups is 1. The zero-order valence-corrected chi connectivity index (χ0v) is 10.5. The van der Waals surface area contributed by atoms with Gasteiger partial charge in [-0.05, 0) is 12.1 Å². The van der Waals surface area contributed by atoms with Crippen molar-refractivity contribution in [3.63, 3.8) is 0 Å². The van der Waals surface area contributed by atoms with Gasteiger partial charge in [-0.25, -0.2) is 0 Å². The Bertz CT molecular complexity index is 403. The molecule has 5 heteroatoms. The predicted octanol–water partition coefficient (Wildman–Crippen LogP) is 0.884. The van der Waals surface area contributed by atoms with Crippen LogP contribution in [0.15, 0.2) is 52.9 Å². The van der Waals surface area contributed by atoms with Crippen LogP contribution in [0.1, 0.15) is 0 Å². The van der Waals surface area contributed by atoms with Gasteiger partial charge in [0.15, 0.2) is 5.96 Å². The van der Waals surface area contributed by atoms with Crippen LogP contribution in [0.5, 0.6) is 0 Å². The number of nitrogens with one attached hydrogen (secondary N) is 1. The fourth-order valence-electron chi connectivity index (χ4n) is 1.17. The van der Waals surface area contributed by atoms with Crippen molar-refractivity contribution in [3.05, 3.63) is 43.0 Å². The first kappa shape index (κ1) is 13.4. The summed E-state index contributed by atoms with van der Waals surface area (Å²) in [7, 11) is -1.02. The largest absolute Gasteiger partial charge is 0.370 e. The van der Waals surface area contributed by atoms with Crippen molar-refractivity contribution in [2.45, 2.75) is 4.90 Å². The summed E-state index contributed by atoms with van der Waals surface area (Å²) in [5.74, 6) is 0.829. The molecule has 0 radical (unpaired) electrons. The Labute approximate surface area is 104 Å². The van der Waals surface area contributed by atoms with E-state index in [-0.39, 0.29) is 0 Å². The normalized spacial score (nSPS) is 13.1. The Kier molecular flexibility index (Phi) is 6.03. The Morgan fingerprint density at radius 3 is 2.82 bits per heavy atom. The zero-order valence-electron chi connectivity index (χ0n) is 9.63. The summed E-state index contributed by atoms with van der Waals surface area (Å²) in [6.45, 7) is 4.58. The molecule has 1 atom stereocenters. The average Bonchev–Trinajstić information content (AvgIpc) is 2.37. The number of nitrogens with two attached hydrogens (primary N) is 1. The minimum atomic E-state index is -1.02. The molecule has 4 nitrogen and oxygen atoms in total. The molecule has 0 aliphatic heterocycles. The summed E-state index contributed by atoms with van der Waals surface area (Å²) in [5.41, 5.74) is 5.58. The Balaban J connectivity index is 2.36. The van der Waals surface area contributed by atoms with Gasteiger partial charge in [-0.3, -0.25) is 9.20 Å². The standard InChI is InChI=1S/C12H17N3OS/c1-2-8-14-12(13)15-9-10-17(16)11-6-4-3-5-7-11/h2-7H,1,8-10H2,(H3,13,14,15). The molecular weight excluding hydrogens is 234 g/mol. The first-order valence-corrected chi connectivity index (χ1v) is 6.64. The van der Waals surface area contributed by atoms with E-state index < -0.39 is 10.8 Å². The molecule has 1 unspecified atom stereocenters. The smallest absolute Gasteiger partial charge is 0.188 e. The first-order valence-electron chi connectivity index (χ1n) is 5.32. The van der Waals surface area contributed by atoms with Gasteiger partial charge in [0.25, 0.3) is 0 Å². The van der Waals surface area contributed by atoms with Crippen molar-refractivity contribution in [2.24, 2.45) is 10.7 Å². The lowest BCUT2D eigenvalue weighted by Crippen LogP contribution is -2.32. The molecule has 0 heterocycles. The molecule has 0 saturated heterocycles. The van der Waals surface area contributed by atoms with Gasteiger partial charge in [-0.15, -0.1) is 6.58 Å². The van der Waals surface area contributed by atoms with Crippen molar-refractivity contribution < 1.29 is 4.21 Å². The van der Waals surface area contributed by atoms with Crippen LogP contribution in [0.3, 0.4) is 0 Å². The summed E-state index contributed by atoms with van der Waals surface area (Å²) >= 11 is 0. The predicted molar refractivity (Wildman–Crippen MR) is 72.4 cm³/mol. The highest BCUT2D eigenvalue weighted by molar-refractivity contribution is 7.85. The SMILES string of the molecule is C=CCNC(N)=NCCS(=O)c1ccccc1. The lowest BCUT2D eigenvalue weighted by molar-refractivity contribution is 0.682. The number of hydrogen-bond acceptors (Lipinski definition) is 2. The monoisotopic (exact) mass is 251 g/mol. The quantitative estimate of drug-likeness (QED) is 0.448. The lowest BCUT2D eigenvalue weighted by atomic mass is 10.4. The van der Waals surface area contributed by atoms with Crippen molar-refractivity contribution in [1.82, 2.24) is 5.32 Å². The molecule has 17 heavy (non-hydrogen) atoms. The van der Waals surface area contributed by atoms with Crippen LogP contribution in [0, 0.1) is 0 Å². The highest BCUT2D eigenvalue weighted by Crippen LogP contribution is 2.04. The molecule has 0 fully saturated rings. The number of nitrogens with zero attached hydrogens (tertiary/aromatic N) is 1. The van der Waals surface area contributed by atoms with E-state index in [0.29, 0.717) is 24.8 Å². The molecule has 0 amide bonds. The zero-order chi connectivity index (χ0) is 12.5. The van der Waals surface area contributed by atoms with E-state index in [1.54, 1.807) is 6.08 Å². The van der Waals surface area contributed by atoms with Crippen LogP contribution < -0.4 is 11.1 Å². The molecule has 92 valence electrons. The van der Waals surface area contributed by atoms with Gasteiger partial charge in [0.05, 0.1) is 17.3 Å². The highest BCUT2D eigenvalue weighted by atomic mass is 32.2. The van der Waals surface area contributed by atoms with Gasteiger partial charge >= 0.3 is 0 Å². The van der Waals surface area contributed by atoms with Crippen molar-refractivity contribution in [3.8, 4) is 0 Å². The molecule has 0 spiro atoms. The van der Waals surface area contributed by atoms with Crippen LogP contribution in [-0.2, 0) is 10.8 Å². The third-order valence-corrected chi connectivity index (χ3v) is 3.34. The van der Waals surface area contributed by atoms with Crippen LogP contribution in [0.25, 0.3) is 0 Å². The molecule has 3 N–H and O–H groups in total. The van der Waals surface area contributed by atoms with Gasteiger partial charge in [-0.1, -0.05) is 24.3 Å². The summed E-state index contributed by atoms with van der Waals surface area (Å²) < 4.78 is 11.8. The maximum Gasteiger partial charge on any atom is 0.188 e. The minimum absolute atomic E-state index is 0.356. The van der Waals surface area contributed by atoms with E-state index >= 15 is 0 Å². The topological polar surface area (TPSA) is 67.5 Å². The van der Waals surface area contributed by atoms with Crippen molar-refractivity contribution >= 4 is 16.8 Å². The third kappa shape index (κ3) is 5.31. The average molecular weight is 251 g/mol. The van der Waals surface area contributed by atoms with E-state index in [0.717, 1.165) is 4.90 Å². The van der Waals surface area contributed by atoms with Crippen LogP contribution in [0.2, 0.25) is 0 Å². The summed E-state index contributed by atoms with van der Waals surface area (Å²) in [5, 5.41) is 2.86. The highest BCUT2D eigenvalue weighted by Gasteiger charge is 2.01.